The molecule has 12 heteroatoms. The molecule has 1 N–H and O–H groups in total. The van der Waals surface area contributed by atoms with Crippen LogP contribution in [0.3, 0.4) is 0 Å². The first-order valence-corrected chi connectivity index (χ1v) is 13.1. The van der Waals surface area contributed by atoms with Crippen molar-refractivity contribution in [2.24, 2.45) is 5.92 Å². The lowest BCUT2D eigenvalue weighted by molar-refractivity contribution is -0.135. The molecule has 1 aromatic carbocycles. The monoisotopic (exact) mass is 540 g/mol. The van der Waals surface area contributed by atoms with E-state index in [4.69, 9.17) is 0 Å². The van der Waals surface area contributed by atoms with Gasteiger partial charge in [0.2, 0.25) is 11.3 Å². The third kappa shape index (κ3) is 4.12. The SMILES string of the molecule is CN(C)C(=O)C1CCC2(CC1)N(C)C(=O)c1c(O)c(=O)c(-c3nnc(Cc4ccc(F)cc4)s3)cn1N2C. The van der Waals surface area contributed by atoms with Crippen LogP contribution >= 0.6 is 11.3 Å². The van der Waals surface area contributed by atoms with Crippen molar-refractivity contribution in [1.82, 2.24) is 24.7 Å². The Morgan fingerprint density at radius 2 is 1.82 bits per heavy atom. The number of carbonyl (C=O) groups is 2. The first-order valence-electron chi connectivity index (χ1n) is 12.3. The molecule has 0 radical (unpaired) electrons. The van der Waals surface area contributed by atoms with Crippen LogP contribution in [-0.4, -0.2) is 75.4 Å². The summed E-state index contributed by atoms with van der Waals surface area (Å²) in [6.07, 6.45) is 4.27. The summed E-state index contributed by atoms with van der Waals surface area (Å²) in [6.45, 7) is 0. The number of pyridine rings is 1. The molecule has 2 aromatic heterocycles. The Morgan fingerprint density at radius 1 is 1.16 bits per heavy atom. The zero-order chi connectivity index (χ0) is 27.4. The van der Waals surface area contributed by atoms with Gasteiger partial charge in [-0.3, -0.25) is 24.1 Å². The number of fused-ring (bicyclic) bond motifs is 1. The Balaban J connectivity index is 1.49. The molecule has 3 heterocycles. The molecular weight excluding hydrogens is 511 g/mol. The number of aromatic hydroxyl groups is 1. The van der Waals surface area contributed by atoms with Crippen LogP contribution in [0.25, 0.3) is 10.6 Å². The summed E-state index contributed by atoms with van der Waals surface area (Å²) >= 11 is 1.20. The summed E-state index contributed by atoms with van der Waals surface area (Å²) in [7, 11) is 6.96. The number of halogens is 1. The van der Waals surface area contributed by atoms with E-state index >= 15 is 0 Å². The van der Waals surface area contributed by atoms with Gasteiger partial charge in [0.05, 0.1) is 5.56 Å². The molecular formula is C26H29FN6O4S. The Hall–Kier alpha value is -3.80. The highest BCUT2D eigenvalue weighted by Gasteiger charge is 2.50. The van der Waals surface area contributed by atoms with Gasteiger partial charge >= 0.3 is 0 Å². The highest BCUT2D eigenvalue weighted by Crippen LogP contribution is 2.42. The molecule has 1 aliphatic carbocycles. The van der Waals surface area contributed by atoms with Gasteiger partial charge in [0.15, 0.2) is 16.5 Å². The number of hydrogen-bond acceptors (Lipinski definition) is 8. The molecule has 0 saturated heterocycles. The zero-order valence-electron chi connectivity index (χ0n) is 21.6. The maximum Gasteiger partial charge on any atom is 0.278 e. The number of rotatable bonds is 4. The fourth-order valence-electron chi connectivity index (χ4n) is 5.50. The number of benzene rings is 1. The molecule has 2 amide bonds. The molecule has 1 aliphatic heterocycles. The van der Waals surface area contributed by atoms with Crippen LogP contribution < -0.4 is 10.4 Å². The van der Waals surface area contributed by atoms with Crippen molar-refractivity contribution < 1.29 is 19.1 Å². The molecule has 10 nitrogen and oxygen atoms in total. The highest BCUT2D eigenvalue weighted by atomic mass is 32.1. The van der Waals surface area contributed by atoms with Crippen molar-refractivity contribution in [2.75, 3.05) is 33.2 Å². The van der Waals surface area contributed by atoms with Crippen LogP contribution in [0, 0.1) is 11.7 Å². The van der Waals surface area contributed by atoms with Crippen LogP contribution in [0.5, 0.6) is 5.75 Å². The van der Waals surface area contributed by atoms with Crippen LogP contribution in [0.2, 0.25) is 0 Å². The van der Waals surface area contributed by atoms with Gasteiger partial charge in [0.1, 0.15) is 16.5 Å². The zero-order valence-corrected chi connectivity index (χ0v) is 22.5. The van der Waals surface area contributed by atoms with E-state index in [-0.39, 0.29) is 28.9 Å². The van der Waals surface area contributed by atoms with Gasteiger partial charge in [-0.1, -0.05) is 23.5 Å². The first-order chi connectivity index (χ1) is 18.0. The van der Waals surface area contributed by atoms with Crippen molar-refractivity contribution >= 4 is 23.2 Å². The van der Waals surface area contributed by atoms with E-state index in [0.29, 0.717) is 42.1 Å². The maximum absolute atomic E-state index is 13.5. The standard InChI is InChI=1S/C26H29FN6O4S/c1-30(2)24(36)16-9-11-26(12-10-16)31(3)25(37)20-22(35)21(34)18(14-33(20)32(26)4)23-29-28-19(38-23)13-15-5-7-17(27)8-6-15/h5-8,14,16,35H,9-13H2,1-4H3. The Morgan fingerprint density at radius 3 is 2.45 bits per heavy atom. The average molecular weight is 541 g/mol. The van der Waals surface area contributed by atoms with Crippen molar-refractivity contribution in [3.63, 3.8) is 0 Å². The molecule has 1 spiro atoms. The summed E-state index contributed by atoms with van der Waals surface area (Å²) in [5, 5.41) is 22.0. The van der Waals surface area contributed by atoms with Gasteiger partial charge in [-0.2, -0.15) is 0 Å². The maximum atomic E-state index is 13.5. The highest BCUT2D eigenvalue weighted by molar-refractivity contribution is 7.14. The summed E-state index contributed by atoms with van der Waals surface area (Å²) in [4.78, 5) is 42.3. The van der Waals surface area contributed by atoms with Gasteiger partial charge in [0.25, 0.3) is 5.91 Å². The predicted molar refractivity (Wildman–Crippen MR) is 140 cm³/mol. The largest absolute Gasteiger partial charge is 0.502 e. The smallest absolute Gasteiger partial charge is 0.278 e. The minimum atomic E-state index is -0.721. The fourth-order valence-corrected chi connectivity index (χ4v) is 6.39. The van der Waals surface area contributed by atoms with Gasteiger partial charge in [0, 0.05) is 46.7 Å². The minimum Gasteiger partial charge on any atom is -0.502 e. The molecule has 2 aliphatic rings. The molecule has 1 saturated carbocycles. The summed E-state index contributed by atoms with van der Waals surface area (Å²) in [5.41, 5.74) is -0.562. The molecule has 5 rings (SSSR count). The molecule has 0 atom stereocenters. The number of amides is 2. The molecule has 38 heavy (non-hydrogen) atoms. The van der Waals surface area contributed by atoms with E-state index in [0.717, 1.165) is 5.56 Å². The number of hydrogen-bond donors (Lipinski definition) is 1. The van der Waals surface area contributed by atoms with E-state index in [1.54, 1.807) is 43.1 Å². The summed E-state index contributed by atoms with van der Waals surface area (Å²) in [6, 6.07) is 6.06. The second kappa shape index (κ2) is 9.50. The third-order valence-corrected chi connectivity index (χ3v) is 8.72. The third-order valence-electron chi connectivity index (χ3n) is 7.76. The second-order valence-corrected chi connectivity index (χ2v) is 11.2. The van der Waals surface area contributed by atoms with Gasteiger partial charge in [-0.05, 0) is 43.4 Å². The van der Waals surface area contributed by atoms with Gasteiger partial charge in [-0.25, -0.2) is 4.39 Å². The van der Waals surface area contributed by atoms with Crippen molar-refractivity contribution in [3.05, 3.63) is 62.8 Å². The van der Waals surface area contributed by atoms with Crippen LogP contribution in [-0.2, 0) is 11.2 Å². The van der Waals surface area contributed by atoms with Crippen molar-refractivity contribution in [2.45, 2.75) is 37.8 Å². The first kappa shape index (κ1) is 25.8. The molecule has 0 unspecified atom stereocenters. The van der Waals surface area contributed by atoms with E-state index in [1.165, 1.54) is 34.3 Å². The molecule has 1 fully saturated rings. The number of aromatic nitrogens is 3. The van der Waals surface area contributed by atoms with Crippen LogP contribution in [0.15, 0.2) is 35.3 Å². The molecule has 200 valence electrons. The van der Waals surface area contributed by atoms with E-state index < -0.39 is 22.7 Å². The predicted octanol–water partition coefficient (Wildman–Crippen LogP) is 2.43. The summed E-state index contributed by atoms with van der Waals surface area (Å²) < 4.78 is 14.8. The second-order valence-electron chi connectivity index (χ2n) is 10.1. The van der Waals surface area contributed by atoms with Crippen LogP contribution in [0.1, 0.15) is 46.7 Å². The van der Waals surface area contributed by atoms with Gasteiger partial charge < -0.3 is 14.9 Å². The van der Waals surface area contributed by atoms with Gasteiger partial charge in [-0.15, -0.1) is 10.2 Å². The minimum absolute atomic E-state index is 0.0731. The quantitative estimate of drug-likeness (QED) is 0.541. The van der Waals surface area contributed by atoms with E-state index in [1.807, 2.05) is 12.1 Å². The normalized spacial score (nSPS) is 21.1. The average Bonchev–Trinajstić information content (AvgIpc) is 3.37. The van der Waals surface area contributed by atoms with Crippen LogP contribution in [0.4, 0.5) is 4.39 Å². The Labute approximate surface area is 222 Å². The van der Waals surface area contributed by atoms with Crippen molar-refractivity contribution in [3.8, 4) is 16.3 Å². The Bertz CT molecular complexity index is 1460. The number of nitrogens with zero attached hydrogens (tertiary/aromatic N) is 6. The van der Waals surface area contributed by atoms with Crippen molar-refractivity contribution in [1.29, 1.82) is 0 Å². The topological polar surface area (TPSA) is 112 Å². The lowest BCUT2D eigenvalue weighted by Crippen LogP contribution is -2.69. The van der Waals surface area contributed by atoms with E-state index in [2.05, 4.69) is 10.2 Å². The molecule has 0 bridgehead atoms. The lowest BCUT2D eigenvalue weighted by atomic mass is 9.79. The fraction of sp³-hybridized carbons (Fsp3) is 0.423. The van der Waals surface area contributed by atoms with E-state index in [9.17, 15) is 23.9 Å². The summed E-state index contributed by atoms with van der Waals surface area (Å²) in [5.74, 6) is -1.48. The Kier molecular flexibility index (Phi) is 6.46. The number of carbonyl (C=O) groups excluding carboxylic acids is 2. The molecule has 3 aromatic rings. The lowest BCUT2D eigenvalue weighted by Gasteiger charge is -2.55.